The van der Waals surface area contributed by atoms with Crippen LogP contribution in [0, 0.1) is 0 Å². The van der Waals surface area contributed by atoms with Gasteiger partial charge in [0.05, 0.1) is 0 Å². The normalized spacial score (nSPS) is 16.2. The maximum atomic E-state index is 12.2. The van der Waals surface area contributed by atoms with Crippen LogP contribution in [0.15, 0.2) is 17.5 Å². The Hall–Kier alpha value is -1.56. The average molecular weight is 337 g/mol. The summed E-state index contributed by atoms with van der Waals surface area (Å²) in [5, 5.41) is 7.95. The largest absolute Gasteiger partial charge is 0.343 e. The summed E-state index contributed by atoms with van der Waals surface area (Å²) in [4.78, 5) is 27.3. The van der Waals surface area contributed by atoms with Gasteiger partial charge in [-0.05, 0) is 51.5 Å². The van der Waals surface area contributed by atoms with E-state index in [2.05, 4.69) is 16.7 Å². The Kier molecular flexibility index (Phi) is 6.04. The predicted octanol–water partition coefficient (Wildman–Crippen LogP) is 2.77. The van der Waals surface area contributed by atoms with E-state index in [-0.39, 0.29) is 23.5 Å². The summed E-state index contributed by atoms with van der Waals surface area (Å²) in [5.41, 5.74) is -0.234. The first-order valence-corrected chi connectivity index (χ1v) is 9.10. The third-order valence-corrected chi connectivity index (χ3v) is 4.77. The van der Waals surface area contributed by atoms with E-state index in [0.29, 0.717) is 6.42 Å². The van der Waals surface area contributed by atoms with E-state index in [1.54, 1.807) is 11.3 Å². The van der Waals surface area contributed by atoms with Crippen molar-refractivity contribution in [3.05, 3.63) is 22.4 Å². The quantitative estimate of drug-likeness (QED) is 0.887. The molecule has 1 aromatic heterocycles. The summed E-state index contributed by atoms with van der Waals surface area (Å²) in [6.45, 7) is 7.33. The van der Waals surface area contributed by atoms with E-state index in [4.69, 9.17) is 0 Å². The fourth-order valence-electron chi connectivity index (χ4n) is 2.68. The topological polar surface area (TPSA) is 61.4 Å². The second-order valence-corrected chi connectivity index (χ2v) is 8.12. The number of carbonyl (C=O) groups excluding carboxylic acids is 2. The summed E-state index contributed by atoms with van der Waals surface area (Å²) < 4.78 is 0. The molecule has 2 rings (SSSR count). The highest BCUT2D eigenvalue weighted by atomic mass is 32.1. The summed E-state index contributed by atoms with van der Waals surface area (Å²) in [5.74, 6) is 0.219. The lowest BCUT2D eigenvalue weighted by molar-refractivity contribution is -0.132. The minimum absolute atomic E-state index is 0.125. The molecule has 0 unspecified atom stereocenters. The van der Waals surface area contributed by atoms with Crippen molar-refractivity contribution in [1.29, 1.82) is 0 Å². The predicted molar refractivity (Wildman–Crippen MR) is 93.7 cm³/mol. The van der Waals surface area contributed by atoms with Gasteiger partial charge in [0, 0.05) is 36.0 Å². The number of amides is 3. The van der Waals surface area contributed by atoms with Crippen molar-refractivity contribution < 1.29 is 9.59 Å². The Morgan fingerprint density at radius 3 is 2.57 bits per heavy atom. The van der Waals surface area contributed by atoms with Crippen molar-refractivity contribution >= 4 is 23.3 Å². The molecule has 0 aromatic carbocycles. The van der Waals surface area contributed by atoms with Crippen molar-refractivity contribution in [3.8, 4) is 0 Å². The van der Waals surface area contributed by atoms with Crippen LogP contribution in [0.4, 0.5) is 4.79 Å². The third kappa shape index (κ3) is 6.22. The van der Waals surface area contributed by atoms with Gasteiger partial charge in [-0.25, -0.2) is 4.79 Å². The summed E-state index contributed by atoms with van der Waals surface area (Å²) in [6.07, 6.45) is 3.04. The molecule has 0 spiro atoms. The van der Waals surface area contributed by atoms with Gasteiger partial charge in [0.25, 0.3) is 0 Å². The van der Waals surface area contributed by atoms with Gasteiger partial charge in [0.15, 0.2) is 0 Å². The van der Waals surface area contributed by atoms with Gasteiger partial charge < -0.3 is 15.5 Å². The Balaban J connectivity index is 1.69. The molecule has 1 aliphatic heterocycles. The molecule has 6 heteroatoms. The van der Waals surface area contributed by atoms with E-state index in [1.165, 1.54) is 4.88 Å². The zero-order chi connectivity index (χ0) is 16.9. The second kappa shape index (κ2) is 7.81. The van der Waals surface area contributed by atoms with E-state index in [9.17, 15) is 9.59 Å². The first kappa shape index (κ1) is 17.8. The van der Waals surface area contributed by atoms with Gasteiger partial charge in [0.1, 0.15) is 0 Å². The molecule has 0 atom stereocenters. The standard InChI is InChI=1S/C17H27N3O2S/c1-17(2,3)19-16(22)18-13-8-10-20(11-9-13)15(21)7-6-14-5-4-12-23-14/h4-5,12-13H,6-11H2,1-3H3,(H2,18,19,22). The number of hydrogen-bond acceptors (Lipinski definition) is 3. The SMILES string of the molecule is CC(C)(C)NC(=O)NC1CCN(C(=O)CCc2cccs2)CC1. The fourth-order valence-corrected chi connectivity index (χ4v) is 3.39. The second-order valence-electron chi connectivity index (χ2n) is 7.08. The number of piperidine rings is 1. The lowest BCUT2D eigenvalue weighted by Gasteiger charge is -2.33. The maximum Gasteiger partial charge on any atom is 0.315 e. The molecule has 1 saturated heterocycles. The van der Waals surface area contributed by atoms with Crippen molar-refractivity contribution in [2.45, 2.75) is 58.0 Å². The molecule has 1 fully saturated rings. The summed E-state index contributed by atoms with van der Waals surface area (Å²) >= 11 is 1.70. The minimum atomic E-state index is -0.234. The molecule has 1 aliphatic rings. The molecule has 128 valence electrons. The Labute approximate surface area is 142 Å². The van der Waals surface area contributed by atoms with E-state index < -0.39 is 0 Å². The maximum absolute atomic E-state index is 12.2. The number of nitrogens with one attached hydrogen (secondary N) is 2. The van der Waals surface area contributed by atoms with Crippen LogP contribution in [0.5, 0.6) is 0 Å². The van der Waals surface area contributed by atoms with E-state index >= 15 is 0 Å². The summed E-state index contributed by atoms with van der Waals surface area (Å²) in [7, 11) is 0. The molecular formula is C17H27N3O2S. The number of likely N-dealkylation sites (tertiary alicyclic amines) is 1. The molecule has 2 N–H and O–H groups in total. The van der Waals surface area contributed by atoms with Gasteiger partial charge in [-0.1, -0.05) is 6.07 Å². The molecule has 0 radical (unpaired) electrons. The average Bonchev–Trinajstić information content (AvgIpc) is 2.96. The highest BCUT2D eigenvalue weighted by Crippen LogP contribution is 2.15. The van der Waals surface area contributed by atoms with Crippen molar-refractivity contribution in [1.82, 2.24) is 15.5 Å². The molecule has 2 heterocycles. The van der Waals surface area contributed by atoms with E-state index in [1.807, 2.05) is 37.1 Å². The van der Waals surface area contributed by atoms with Crippen molar-refractivity contribution in [2.24, 2.45) is 0 Å². The van der Waals surface area contributed by atoms with Gasteiger partial charge >= 0.3 is 6.03 Å². The number of aryl methyl sites for hydroxylation is 1. The first-order chi connectivity index (χ1) is 10.8. The number of hydrogen-bond donors (Lipinski definition) is 2. The molecule has 1 aromatic rings. The molecule has 5 nitrogen and oxygen atoms in total. The fraction of sp³-hybridized carbons (Fsp3) is 0.647. The van der Waals surface area contributed by atoms with Crippen LogP contribution >= 0.6 is 11.3 Å². The summed E-state index contributed by atoms with van der Waals surface area (Å²) in [6, 6.07) is 4.12. The van der Waals surface area contributed by atoms with Crippen LogP contribution in [0.1, 0.15) is 44.9 Å². The van der Waals surface area contributed by atoms with Gasteiger partial charge in [-0.2, -0.15) is 0 Å². The number of carbonyl (C=O) groups is 2. The van der Waals surface area contributed by atoms with Crippen LogP contribution in [-0.4, -0.2) is 41.5 Å². The lowest BCUT2D eigenvalue weighted by atomic mass is 10.0. The van der Waals surface area contributed by atoms with E-state index in [0.717, 1.165) is 32.4 Å². The monoisotopic (exact) mass is 337 g/mol. The van der Waals surface area contributed by atoms with Gasteiger partial charge in [0.2, 0.25) is 5.91 Å². The van der Waals surface area contributed by atoms with Crippen LogP contribution in [0.3, 0.4) is 0 Å². The highest BCUT2D eigenvalue weighted by Gasteiger charge is 2.24. The number of rotatable bonds is 4. The van der Waals surface area contributed by atoms with Crippen LogP contribution in [0.2, 0.25) is 0 Å². The zero-order valence-electron chi connectivity index (χ0n) is 14.2. The Morgan fingerprint density at radius 2 is 2.00 bits per heavy atom. The van der Waals surface area contributed by atoms with Crippen LogP contribution in [-0.2, 0) is 11.2 Å². The van der Waals surface area contributed by atoms with Gasteiger partial charge in [-0.3, -0.25) is 4.79 Å². The highest BCUT2D eigenvalue weighted by molar-refractivity contribution is 7.09. The minimum Gasteiger partial charge on any atom is -0.343 e. The third-order valence-electron chi connectivity index (χ3n) is 3.84. The first-order valence-electron chi connectivity index (χ1n) is 8.22. The van der Waals surface area contributed by atoms with Crippen molar-refractivity contribution in [3.63, 3.8) is 0 Å². The molecule has 0 aliphatic carbocycles. The Bertz CT molecular complexity index is 514. The lowest BCUT2D eigenvalue weighted by Crippen LogP contribution is -2.52. The molecular weight excluding hydrogens is 310 g/mol. The molecule has 3 amide bonds. The number of thiophene rings is 1. The zero-order valence-corrected chi connectivity index (χ0v) is 15.0. The molecule has 0 saturated carbocycles. The Morgan fingerprint density at radius 1 is 1.30 bits per heavy atom. The van der Waals surface area contributed by atoms with Crippen molar-refractivity contribution in [2.75, 3.05) is 13.1 Å². The van der Waals surface area contributed by atoms with Crippen LogP contribution in [0.25, 0.3) is 0 Å². The van der Waals surface area contributed by atoms with Crippen LogP contribution < -0.4 is 10.6 Å². The number of urea groups is 1. The van der Waals surface area contributed by atoms with Gasteiger partial charge in [-0.15, -0.1) is 11.3 Å². The number of nitrogens with zero attached hydrogens (tertiary/aromatic N) is 1. The molecule has 0 bridgehead atoms. The molecule has 23 heavy (non-hydrogen) atoms. The smallest absolute Gasteiger partial charge is 0.315 e.